The van der Waals surface area contributed by atoms with Gasteiger partial charge in [0.25, 0.3) is 5.91 Å². The molecule has 3 aliphatic rings. The summed E-state index contributed by atoms with van der Waals surface area (Å²) in [6, 6.07) is 4.15. The SMILES string of the molecule is O=C1[C@H]2[NH2+]CC[C@H]2N(Cc2cccs2)C(=O)N1C1CCCCC1. The number of imide groups is 1. The molecule has 1 aromatic rings. The van der Waals surface area contributed by atoms with Crippen LogP contribution in [0.1, 0.15) is 43.4 Å². The monoisotopic (exact) mass is 334 g/mol. The van der Waals surface area contributed by atoms with Gasteiger partial charge in [0.15, 0.2) is 6.04 Å². The van der Waals surface area contributed by atoms with Crippen molar-refractivity contribution in [3.63, 3.8) is 0 Å². The second-order valence-electron chi connectivity index (χ2n) is 6.90. The molecule has 0 bridgehead atoms. The molecule has 2 N–H and O–H groups in total. The van der Waals surface area contributed by atoms with Gasteiger partial charge in [-0.1, -0.05) is 25.3 Å². The summed E-state index contributed by atoms with van der Waals surface area (Å²) in [4.78, 5) is 30.8. The first-order valence-electron chi connectivity index (χ1n) is 8.75. The highest BCUT2D eigenvalue weighted by molar-refractivity contribution is 7.09. The number of hydrogen-bond donors (Lipinski definition) is 1. The first kappa shape index (κ1) is 15.1. The zero-order valence-electron chi connectivity index (χ0n) is 13.3. The third-order valence-corrected chi connectivity index (χ3v) is 6.38. The number of fused-ring (bicyclic) bond motifs is 1. The van der Waals surface area contributed by atoms with Crippen LogP contribution in [-0.4, -0.2) is 46.4 Å². The Balaban J connectivity index is 1.61. The minimum Gasteiger partial charge on any atom is -0.334 e. The van der Waals surface area contributed by atoms with Crippen LogP contribution in [0.5, 0.6) is 0 Å². The maximum absolute atomic E-state index is 13.1. The smallest absolute Gasteiger partial charge is 0.327 e. The summed E-state index contributed by atoms with van der Waals surface area (Å²) < 4.78 is 0. The molecule has 0 radical (unpaired) electrons. The molecule has 3 amide bonds. The van der Waals surface area contributed by atoms with E-state index < -0.39 is 0 Å². The molecule has 124 valence electrons. The lowest BCUT2D eigenvalue weighted by molar-refractivity contribution is -0.660. The molecule has 1 aromatic heterocycles. The van der Waals surface area contributed by atoms with Gasteiger partial charge >= 0.3 is 6.03 Å². The number of nitrogens with two attached hydrogens (primary N) is 1. The zero-order chi connectivity index (χ0) is 15.8. The highest BCUT2D eigenvalue weighted by atomic mass is 32.1. The van der Waals surface area contributed by atoms with E-state index in [-0.39, 0.29) is 30.1 Å². The van der Waals surface area contributed by atoms with Gasteiger partial charge in [-0.3, -0.25) is 9.69 Å². The molecule has 2 aliphatic heterocycles. The van der Waals surface area contributed by atoms with Crippen LogP contribution < -0.4 is 5.32 Å². The molecule has 4 rings (SSSR count). The molecular formula is C17H24N3O2S+. The number of hydrogen-bond acceptors (Lipinski definition) is 3. The molecule has 2 atom stereocenters. The van der Waals surface area contributed by atoms with Crippen molar-refractivity contribution in [2.75, 3.05) is 6.54 Å². The fourth-order valence-electron chi connectivity index (χ4n) is 4.36. The summed E-state index contributed by atoms with van der Waals surface area (Å²) in [5, 5.41) is 4.18. The maximum atomic E-state index is 13.1. The van der Waals surface area contributed by atoms with E-state index in [1.54, 1.807) is 16.2 Å². The first-order valence-corrected chi connectivity index (χ1v) is 9.63. The van der Waals surface area contributed by atoms with Gasteiger partial charge in [0.2, 0.25) is 0 Å². The Kier molecular flexibility index (Phi) is 4.11. The van der Waals surface area contributed by atoms with E-state index >= 15 is 0 Å². The van der Waals surface area contributed by atoms with Crippen molar-refractivity contribution in [1.29, 1.82) is 0 Å². The largest absolute Gasteiger partial charge is 0.334 e. The van der Waals surface area contributed by atoms with Gasteiger partial charge in [-0.2, -0.15) is 0 Å². The molecule has 23 heavy (non-hydrogen) atoms. The number of nitrogens with zero attached hydrogens (tertiary/aromatic N) is 2. The van der Waals surface area contributed by atoms with Crippen molar-refractivity contribution in [1.82, 2.24) is 9.80 Å². The summed E-state index contributed by atoms with van der Waals surface area (Å²) in [5.74, 6) is 0.0619. The van der Waals surface area contributed by atoms with Gasteiger partial charge in [0.1, 0.15) is 6.04 Å². The summed E-state index contributed by atoms with van der Waals surface area (Å²) in [6.45, 7) is 1.58. The van der Waals surface area contributed by atoms with Crippen LogP contribution in [0.15, 0.2) is 17.5 Å². The molecular weight excluding hydrogens is 310 g/mol. The number of amides is 3. The highest BCUT2D eigenvalue weighted by Crippen LogP contribution is 2.30. The van der Waals surface area contributed by atoms with Crippen LogP contribution >= 0.6 is 11.3 Å². The molecule has 3 heterocycles. The van der Waals surface area contributed by atoms with Gasteiger partial charge < -0.3 is 10.2 Å². The lowest BCUT2D eigenvalue weighted by Gasteiger charge is -2.43. The Hall–Kier alpha value is -1.40. The average molecular weight is 334 g/mol. The summed E-state index contributed by atoms with van der Waals surface area (Å²) in [6.07, 6.45) is 6.36. The molecule has 0 aromatic carbocycles. The number of carbonyl (C=O) groups is 2. The second kappa shape index (κ2) is 6.24. The molecule has 3 fully saturated rings. The standard InChI is InChI=1S/C17H23N3O2S/c21-16-15-14(8-9-18-15)19(11-13-7-4-10-23-13)17(22)20(16)12-5-2-1-3-6-12/h4,7,10,12,14-15,18H,1-3,5-6,8-9,11H2/p+1/t14-,15+/m1/s1. The number of carbonyl (C=O) groups excluding carboxylic acids is 2. The van der Waals surface area contributed by atoms with Crippen molar-refractivity contribution in [2.45, 2.75) is 63.2 Å². The third kappa shape index (κ3) is 2.68. The third-order valence-electron chi connectivity index (χ3n) is 5.52. The molecule has 1 aliphatic carbocycles. The van der Waals surface area contributed by atoms with Crippen molar-refractivity contribution in [3.05, 3.63) is 22.4 Å². The van der Waals surface area contributed by atoms with E-state index in [9.17, 15) is 9.59 Å². The number of thiophene rings is 1. The Morgan fingerprint density at radius 3 is 2.74 bits per heavy atom. The molecule has 0 unspecified atom stereocenters. The van der Waals surface area contributed by atoms with E-state index in [4.69, 9.17) is 0 Å². The lowest BCUT2D eigenvalue weighted by Crippen LogP contribution is -2.93. The Morgan fingerprint density at radius 2 is 2.00 bits per heavy atom. The minimum absolute atomic E-state index is 0.0492. The fraction of sp³-hybridized carbons (Fsp3) is 0.647. The van der Waals surface area contributed by atoms with Crippen LogP contribution in [0.25, 0.3) is 0 Å². The predicted molar refractivity (Wildman–Crippen MR) is 88.0 cm³/mol. The van der Waals surface area contributed by atoms with E-state index in [1.165, 1.54) is 11.3 Å². The quantitative estimate of drug-likeness (QED) is 0.912. The number of rotatable bonds is 3. The molecule has 2 saturated heterocycles. The molecule has 6 heteroatoms. The lowest BCUT2D eigenvalue weighted by atomic mass is 9.92. The van der Waals surface area contributed by atoms with Gasteiger partial charge in [-0.15, -0.1) is 11.3 Å². The summed E-state index contributed by atoms with van der Waals surface area (Å²) >= 11 is 1.68. The zero-order valence-corrected chi connectivity index (χ0v) is 14.1. The fourth-order valence-corrected chi connectivity index (χ4v) is 5.07. The summed E-state index contributed by atoms with van der Waals surface area (Å²) in [5.41, 5.74) is 0. The van der Waals surface area contributed by atoms with Gasteiger partial charge in [-0.05, 0) is 24.3 Å². The normalized spacial score (nSPS) is 29.2. The van der Waals surface area contributed by atoms with Crippen LogP contribution in [0.3, 0.4) is 0 Å². The van der Waals surface area contributed by atoms with E-state index in [0.717, 1.165) is 38.6 Å². The van der Waals surface area contributed by atoms with Crippen molar-refractivity contribution < 1.29 is 14.9 Å². The van der Waals surface area contributed by atoms with Gasteiger partial charge in [0.05, 0.1) is 13.1 Å². The molecule has 5 nitrogen and oxygen atoms in total. The predicted octanol–water partition coefficient (Wildman–Crippen LogP) is 1.55. The number of quaternary nitrogens is 1. The Morgan fingerprint density at radius 1 is 1.17 bits per heavy atom. The Labute approximate surface area is 140 Å². The van der Waals surface area contributed by atoms with Gasteiger partial charge in [-0.25, -0.2) is 4.79 Å². The maximum Gasteiger partial charge on any atom is 0.327 e. The van der Waals surface area contributed by atoms with E-state index in [2.05, 4.69) is 11.4 Å². The Bertz CT molecular complexity index is 583. The van der Waals surface area contributed by atoms with Crippen LogP contribution in [0, 0.1) is 0 Å². The second-order valence-corrected chi connectivity index (χ2v) is 7.93. The number of urea groups is 1. The van der Waals surface area contributed by atoms with Crippen molar-refractivity contribution in [2.24, 2.45) is 0 Å². The van der Waals surface area contributed by atoms with Crippen molar-refractivity contribution >= 4 is 23.3 Å². The van der Waals surface area contributed by atoms with Gasteiger partial charge in [0, 0.05) is 17.3 Å². The molecule has 0 spiro atoms. The average Bonchev–Trinajstić information content (AvgIpc) is 3.24. The minimum atomic E-state index is -0.0883. The first-order chi connectivity index (χ1) is 11.3. The van der Waals surface area contributed by atoms with E-state index in [1.807, 2.05) is 16.3 Å². The highest BCUT2D eigenvalue weighted by Gasteiger charge is 2.53. The molecule has 1 saturated carbocycles. The topological polar surface area (TPSA) is 57.2 Å². The van der Waals surface area contributed by atoms with Crippen LogP contribution in [-0.2, 0) is 11.3 Å². The summed E-state index contributed by atoms with van der Waals surface area (Å²) in [7, 11) is 0. The van der Waals surface area contributed by atoms with Crippen LogP contribution in [0.2, 0.25) is 0 Å². The van der Waals surface area contributed by atoms with E-state index in [0.29, 0.717) is 6.54 Å². The van der Waals surface area contributed by atoms with Crippen LogP contribution in [0.4, 0.5) is 4.79 Å². The van der Waals surface area contributed by atoms with Crippen molar-refractivity contribution in [3.8, 4) is 0 Å².